The average Bonchev–Trinajstić information content (AvgIpc) is 3.19. The Labute approximate surface area is 136 Å². The smallest absolute Gasteiger partial charge is 0.226 e. The Balaban J connectivity index is 1.63. The first-order valence-corrected chi connectivity index (χ1v) is 8.79. The number of thiazole rings is 1. The minimum Gasteiger partial charge on any atom is -0.353 e. The van der Waals surface area contributed by atoms with Gasteiger partial charge in [0.1, 0.15) is 5.01 Å². The Hall–Kier alpha value is -1.20. The predicted octanol–water partition coefficient (Wildman–Crippen LogP) is 4.03. The molecular formula is C16H17BrN2OS. The fourth-order valence-corrected chi connectivity index (χ4v) is 3.54. The van der Waals surface area contributed by atoms with Crippen molar-refractivity contribution in [2.45, 2.75) is 32.2 Å². The van der Waals surface area contributed by atoms with Crippen LogP contribution in [0.3, 0.4) is 0 Å². The molecule has 3 nitrogen and oxygen atoms in total. The van der Waals surface area contributed by atoms with E-state index >= 15 is 0 Å². The van der Waals surface area contributed by atoms with Gasteiger partial charge < -0.3 is 5.32 Å². The van der Waals surface area contributed by atoms with Gasteiger partial charge in [0.25, 0.3) is 0 Å². The molecule has 110 valence electrons. The van der Waals surface area contributed by atoms with E-state index in [1.165, 1.54) is 12.8 Å². The van der Waals surface area contributed by atoms with E-state index in [-0.39, 0.29) is 5.91 Å². The largest absolute Gasteiger partial charge is 0.353 e. The highest BCUT2D eigenvalue weighted by molar-refractivity contribution is 9.10. The molecule has 0 aliphatic heterocycles. The van der Waals surface area contributed by atoms with Crippen molar-refractivity contribution >= 4 is 33.2 Å². The molecule has 1 unspecified atom stereocenters. The lowest BCUT2D eigenvalue weighted by Gasteiger charge is -2.11. The molecule has 1 fully saturated rings. The van der Waals surface area contributed by atoms with Crippen LogP contribution in [0.2, 0.25) is 0 Å². The Morgan fingerprint density at radius 2 is 2.33 bits per heavy atom. The molecule has 21 heavy (non-hydrogen) atoms. The zero-order valence-electron chi connectivity index (χ0n) is 11.8. The van der Waals surface area contributed by atoms with Crippen molar-refractivity contribution in [2.24, 2.45) is 5.92 Å². The number of benzene rings is 1. The van der Waals surface area contributed by atoms with Crippen molar-refractivity contribution in [3.05, 3.63) is 39.8 Å². The van der Waals surface area contributed by atoms with Crippen LogP contribution in [-0.2, 0) is 11.2 Å². The van der Waals surface area contributed by atoms with E-state index in [1.54, 1.807) is 11.3 Å². The van der Waals surface area contributed by atoms with Gasteiger partial charge in [0.05, 0.1) is 12.1 Å². The van der Waals surface area contributed by atoms with Crippen LogP contribution in [0.4, 0.5) is 0 Å². The zero-order valence-corrected chi connectivity index (χ0v) is 14.2. The van der Waals surface area contributed by atoms with Gasteiger partial charge >= 0.3 is 0 Å². The molecule has 1 saturated carbocycles. The molecule has 1 aromatic heterocycles. The molecule has 1 atom stereocenters. The van der Waals surface area contributed by atoms with E-state index in [0.717, 1.165) is 20.7 Å². The summed E-state index contributed by atoms with van der Waals surface area (Å²) in [6, 6.07) is 8.34. The number of hydrogen-bond acceptors (Lipinski definition) is 3. The standard InChI is InChI=1S/C16H17BrN2OS/c1-10(11-5-6-11)18-15(20)8-14-9-21-16(19-14)12-3-2-4-13(17)7-12/h2-4,7,9-11H,5-6,8H2,1H3,(H,18,20). The van der Waals surface area contributed by atoms with Crippen molar-refractivity contribution in [1.82, 2.24) is 10.3 Å². The second-order valence-electron chi connectivity index (χ2n) is 5.52. The average molecular weight is 365 g/mol. The number of aromatic nitrogens is 1. The topological polar surface area (TPSA) is 42.0 Å². The summed E-state index contributed by atoms with van der Waals surface area (Å²) in [5.41, 5.74) is 1.92. The first-order chi connectivity index (χ1) is 10.1. The number of hydrogen-bond donors (Lipinski definition) is 1. The summed E-state index contributed by atoms with van der Waals surface area (Å²) in [6.45, 7) is 2.09. The normalized spacial score (nSPS) is 15.7. The maximum absolute atomic E-state index is 12.0. The highest BCUT2D eigenvalue weighted by Crippen LogP contribution is 2.32. The molecule has 1 aliphatic rings. The molecule has 0 radical (unpaired) electrons. The Bertz CT molecular complexity index is 651. The van der Waals surface area contributed by atoms with E-state index in [1.807, 2.05) is 29.6 Å². The number of nitrogens with zero attached hydrogens (tertiary/aromatic N) is 1. The van der Waals surface area contributed by atoms with E-state index < -0.39 is 0 Å². The summed E-state index contributed by atoms with van der Waals surface area (Å²) >= 11 is 5.04. The summed E-state index contributed by atoms with van der Waals surface area (Å²) in [5.74, 6) is 0.752. The third-order valence-corrected chi connectivity index (χ3v) is 5.12. The molecule has 0 bridgehead atoms. The Kier molecular flexibility index (Phi) is 4.40. The van der Waals surface area contributed by atoms with Crippen molar-refractivity contribution in [3.8, 4) is 10.6 Å². The molecule has 0 spiro atoms. The van der Waals surface area contributed by atoms with E-state index in [9.17, 15) is 4.79 Å². The fourth-order valence-electron chi connectivity index (χ4n) is 2.33. The van der Waals surface area contributed by atoms with Crippen LogP contribution in [0.15, 0.2) is 34.1 Å². The molecule has 3 rings (SSSR count). The molecule has 1 aromatic carbocycles. The van der Waals surface area contributed by atoms with Crippen LogP contribution in [0, 0.1) is 5.92 Å². The zero-order chi connectivity index (χ0) is 14.8. The van der Waals surface area contributed by atoms with Crippen molar-refractivity contribution in [1.29, 1.82) is 0 Å². The molecule has 2 aromatic rings. The number of carbonyl (C=O) groups is 1. The van der Waals surface area contributed by atoms with Gasteiger partial charge in [0.15, 0.2) is 0 Å². The van der Waals surface area contributed by atoms with Gasteiger partial charge in [-0.05, 0) is 37.8 Å². The third kappa shape index (κ3) is 3.92. The minimum atomic E-state index is 0.0699. The van der Waals surface area contributed by atoms with Crippen LogP contribution in [0.5, 0.6) is 0 Å². The van der Waals surface area contributed by atoms with Crippen LogP contribution in [0.1, 0.15) is 25.5 Å². The van der Waals surface area contributed by atoms with Crippen LogP contribution < -0.4 is 5.32 Å². The molecule has 0 saturated heterocycles. The lowest BCUT2D eigenvalue weighted by atomic mass is 10.2. The van der Waals surface area contributed by atoms with E-state index in [4.69, 9.17) is 0 Å². The maximum Gasteiger partial charge on any atom is 0.226 e. The number of carbonyl (C=O) groups excluding carboxylic acids is 1. The van der Waals surface area contributed by atoms with Crippen molar-refractivity contribution in [3.63, 3.8) is 0 Å². The van der Waals surface area contributed by atoms with Crippen LogP contribution >= 0.6 is 27.3 Å². The maximum atomic E-state index is 12.0. The van der Waals surface area contributed by atoms with E-state index in [0.29, 0.717) is 18.4 Å². The van der Waals surface area contributed by atoms with Gasteiger partial charge in [-0.15, -0.1) is 11.3 Å². The predicted molar refractivity (Wildman–Crippen MR) is 89.3 cm³/mol. The minimum absolute atomic E-state index is 0.0699. The Morgan fingerprint density at radius 1 is 1.52 bits per heavy atom. The van der Waals surface area contributed by atoms with E-state index in [2.05, 4.69) is 33.2 Å². The molecule has 1 amide bonds. The second-order valence-corrected chi connectivity index (χ2v) is 7.30. The summed E-state index contributed by atoms with van der Waals surface area (Å²) in [6.07, 6.45) is 2.85. The monoisotopic (exact) mass is 364 g/mol. The fraction of sp³-hybridized carbons (Fsp3) is 0.375. The summed E-state index contributed by atoms with van der Waals surface area (Å²) in [4.78, 5) is 16.6. The summed E-state index contributed by atoms with van der Waals surface area (Å²) in [7, 11) is 0. The summed E-state index contributed by atoms with van der Waals surface area (Å²) in [5, 5.41) is 5.99. The number of halogens is 1. The molecular weight excluding hydrogens is 348 g/mol. The van der Waals surface area contributed by atoms with Gasteiger partial charge in [-0.2, -0.15) is 0 Å². The number of amides is 1. The third-order valence-electron chi connectivity index (χ3n) is 3.68. The van der Waals surface area contributed by atoms with Gasteiger partial charge in [-0.1, -0.05) is 28.1 Å². The van der Waals surface area contributed by atoms with Gasteiger partial charge in [-0.25, -0.2) is 4.98 Å². The van der Waals surface area contributed by atoms with Gasteiger partial charge in [-0.3, -0.25) is 4.79 Å². The Morgan fingerprint density at radius 3 is 3.05 bits per heavy atom. The SMILES string of the molecule is CC(NC(=O)Cc1csc(-c2cccc(Br)c2)n1)C1CC1. The second kappa shape index (κ2) is 6.28. The molecule has 5 heteroatoms. The molecule has 1 N–H and O–H groups in total. The first kappa shape index (κ1) is 14.7. The lowest BCUT2D eigenvalue weighted by molar-refractivity contribution is -0.121. The number of rotatable bonds is 5. The first-order valence-electron chi connectivity index (χ1n) is 7.11. The van der Waals surface area contributed by atoms with Gasteiger partial charge in [0, 0.05) is 21.5 Å². The van der Waals surface area contributed by atoms with Crippen molar-refractivity contribution < 1.29 is 4.79 Å². The quantitative estimate of drug-likeness (QED) is 0.869. The summed E-state index contributed by atoms with van der Waals surface area (Å²) < 4.78 is 1.03. The molecule has 1 aliphatic carbocycles. The van der Waals surface area contributed by atoms with Crippen LogP contribution in [-0.4, -0.2) is 16.9 Å². The van der Waals surface area contributed by atoms with Crippen molar-refractivity contribution in [2.75, 3.05) is 0 Å². The highest BCUT2D eigenvalue weighted by atomic mass is 79.9. The highest BCUT2D eigenvalue weighted by Gasteiger charge is 2.28. The molecule has 1 heterocycles. The number of nitrogens with one attached hydrogen (secondary N) is 1. The van der Waals surface area contributed by atoms with Crippen LogP contribution in [0.25, 0.3) is 10.6 Å². The van der Waals surface area contributed by atoms with Gasteiger partial charge in [0.2, 0.25) is 5.91 Å². The lowest BCUT2D eigenvalue weighted by Crippen LogP contribution is -2.35.